The Bertz CT molecular complexity index is 691. The van der Waals surface area contributed by atoms with Crippen molar-refractivity contribution in [2.75, 3.05) is 33.2 Å². The SMILES string of the molecule is CC(C)Oc1ccc(CN2CCN3C(=O)CN(C)C(=O)[C@H]3C2)cc1CO. The molecule has 2 amide bonds. The van der Waals surface area contributed by atoms with E-state index in [9.17, 15) is 14.7 Å². The van der Waals surface area contributed by atoms with Crippen molar-refractivity contribution in [3.05, 3.63) is 29.3 Å². The Morgan fingerprint density at radius 1 is 1.27 bits per heavy atom. The van der Waals surface area contributed by atoms with E-state index in [0.717, 1.165) is 17.7 Å². The van der Waals surface area contributed by atoms with Crippen LogP contribution in [0.3, 0.4) is 0 Å². The van der Waals surface area contributed by atoms with Crippen molar-refractivity contribution < 1.29 is 19.4 Å². The molecule has 1 atom stereocenters. The number of piperazine rings is 2. The molecule has 1 aromatic carbocycles. The van der Waals surface area contributed by atoms with Crippen LogP contribution in [0.5, 0.6) is 5.75 Å². The van der Waals surface area contributed by atoms with Crippen molar-refractivity contribution in [2.45, 2.75) is 39.1 Å². The summed E-state index contributed by atoms with van der Waals surface area (Å²) in [5, 5.41) is 9.62. The average Bonchev–Trinajstić information content (AvgIpc) is 2.60. The Labute approximate surface area is 154 Å². The lowest BCUT2D eigenvalue weighted by Gasteiger charge is -2.45. The number of hydrogen-bond donors (Lipinski definition) is 1. The molecule has 0 bridgehead atoms. The molecule has 7 nitrogen and oxygen atoms in total. The van der Waals surface area contributed by atoms with Crippen molar-refractivity contribution in [1.82, 2.24) is 14.7 Å². The van der Waals surface area contributed by atoms with Gasteiger partial charge in [0.1, 0.15) is 11.8 Å². The summed E-state index contributed by atoms with van der Waals surface area (Å²) in [6.07, 6.45) is 0.0473. The van der Waals surface area contributed by atoms with E-state index in [4.69, 9.17) is 4.74 Å². The fourth-order valence-corrected chi connectivity index (χ4v) is 3.60. The van der Waals surface area contributed by atoms with Crippen LogP contribution in [0.1, 0.15) is 25.0 Å². The highest BCUT2D eigenvalue weighted by atomic mass is 16.5. The van der Waals surface area contributed by atoms with Crippen LogP contribution in [0, 0.1) is 0 Å². The number of nitrogens with zero attached hydrogens (tertiary/aromatic N) is 3. The molecule has 7 heteroatoms. The van der Waals surface area contributed by atoms with E-state index >= 15 is 0 Å². The van der Waals surface area contributed by atoms with Gasteiger partial charge in [-0.05, 0) is 31.5 Å². The van der Waals surface area contributed by atoms with E-state index < -0.39 is 6.04 Å². The quantitative estimate of drug-likeness (QED) is 0.824. The van der Waals surface area contributed by atoms with Crippen LogP contribution in [0.15, 0.2) is 18.2 Å². The summed E-state index contributed by atoms with van der Waals surface area (Å²) >= 11 is 0. The molecule has 0 spiro atoms. The van der Waals surface area contributed by atoms with Crippen molar-refractivity contribution in [3.63, 3.8) is 0 Å². The Kier molecular flexibility index (Phi) is 5.48. The minimum Gasteiger partial charge on any atom is -0.491 e. The number of likely N-dealkylation sites (N-methyl/N-ethyl adjacent to an activating group) is 1. The predicted octanol–water partition coefficient (Wildman–Crippen LogP) is 0.451. The molecule has 26 heavy (non-hydrogen) atoms. The van der Waals surface area contributed by atoms with Gasteiger partial charge in [-0.3, -0.25) is 14.5 Å². The topological polar surface area (TPSA) is 73.3 Å². The van der Waals surface area contributed by atoms with Crippen LogP contribution in [0.4, 0.5) is 0 Å². The van der Waals surface area contributed by atoms with Crippen LogP contribution in [-0.4, -0.2) is 77.0 Å². The van der Waals surface area contributed by atoms with Gasteiger partial charge in [0, 0.05) is 38.8 Å². The second kappa shape index (κ2) is 7.63. The fraction of sp³-hybridized carbons (Fsp3) is 0.579. The van der Waals surface area contributed by atoms with Gasteiger partial charge in [0.2, 0.25) is 11.8 Å². The molecular formula is C19H27N3O4. The number of fused-ring (bicyclic) bond motifs is 1. The summed E-state index contributed by atoms with van der Waals surface area (Å²) in [6, 6.07) is 5.43. The summed E-state index contributed by atoms with van der Waals surface area (Å²) < 4.78 is 5.72. The highest BCUT2D eigenvalue weighted by molar-refractivity contribution is 5.95. The average molecular weight is 361 g/mol. The zero-order valence-corrected chi connectivity index (χ0v) is 15.6. The molecule has 2 aliphatic heterocycles. The maximum absolute atomic E-state index is 12.4. The zero-order chi connectivity index (χ0) is 18.8. The molecule has 2 heterocycles. The van der Waals surface area contributed by atoms with Gasteiger partial charge >= 0.3 is 0 Å². The van der Waals surface area contributed by atoms with Gasteiger partial charge in [-0.1, -0.05) is 6.07 Å². The molecule has 0 aromatic heterocycles. The van der Waals surface area contributed by atoms with Crippen molar-refractivity contribution in [3.8, 4) is 5.75 Å². The first-order valence-electron chi connectivity index (χ1n) is 9.05. The first-order valence-corrected chi connectivity index (χ1v) is 9.05. The summed E-state index contributed by atoms with van der Waals surface area (Å²) in [5.41, 5.74) is 1.82. The maximum Gasteiger partial charge on any atom is 0.246 e. The summed E-state index contributed by atoms with van der Waals surface area (Å²) in [5.74, 6) is 0.728. The number of benzene rings is 1. The zero-order valence-electron chi connectivity index (χ0n) is 15.6. The van der Waals surface area contributed by atoms with Gasteiger partial charge in [0.25, 0.3) is 0 Å². The normalized spacial score (nSPS) is 21.3. The molecule has 0 saturated carbocycles. The molecule has 2 saturated heterocycles. The molecule has 3 rings (SSSR count). The second-order valence-corrected chi connectivity index (χ2v) is 7.30. The van der Waals surface area contributed by atoms with Crippen LogP contribution in [-0.2, 0) is 22.7 Å². The van der Waals surface area contributed by atoms with E-state index in [-0.39, 0.29) is 31.1 Å². The van der Waals surface area contributed by atoms with E-state index in [1.807, 2.05) is 32.0 Å². The maximum atomic E-state index is 12.4. The van der Waals surface area contributed by atoms with Gasteiger partial charge in [0.15, 0.2) is 0 Å². The van der Waals surface area contributed by atoms with E-state index in [1.165, 1.54) is 4.90 Å². The first-order chi connectivity index (χ1) is 12.4. The molecule has 2 fully saturated rings. The second-order valence-electron chi connectivity index (χ2n) is 7.30. The molecular weight excluding hydrogens is 334 g/mol. The van der Waals surface area contributed by atoms with Gasteiger partial charge in [-0.25, -0.2) is 0 Å². The van der Waals surface area contributed by atoms with Crippen LogP contribution >= 0.6 is 0 Å². The van der Waals surface area contributed by atoms with Gasteiger partial charge in [-0.2, -0.15) is 0 Å². The monoisotopic (exact) mass is 361 g/mol. The highest BCUT2D eigenvalue weighted by Crippen LogP contribution is 2.24. The molecule has 0 aliphatic carbocycles. The van der Waals surface area contributed by atoms with Gasteiger partial charge in [-0.15, -0.1) is 0 Å². The third-order valence-corrected chi connectivity index (χ3v) is 4.88. The first kappa shape index (κ1) is 18.7. The number of amides is 2. The van der Waals surface area contributed by atoms with Crippen LogP contribution in [0.2, 0.25) is 0 Å². The lowest BCUT2D eigenvalue weighted by atomic mass is 10.1. The fourth-order valence-electron chi connectivity index (χ4n) is 3.60. The minimum atomic E-state index is -0.393. The number of rotatable bonds is 5. The molecule has 0 unspecified atom stereocenters. The molecule has 142 valence electrons. The smallest absolute Gasteiger partial charge is 0.246 e. The third-order valence-electron chi connectivity index (χ3n) is 4.88. The Morgan fingerprint density at radius 2 is 2.04 bits per heavy atom. The molecule has 2 aliphatic rings. The Morgan fingerprint density at radius 3 is 2.73 bits per heavy atom. The van der Waals surface area contributed by atoms with E-state index in [2.05, 4.69) is 4.90 Å². The van der Waals surface area contributed by atoms with Crippen molar-refractivity contribution >= 4 is 11.8 Å². The number of aliphatic hydroxyl groups is 1. The van der Waals surface area contributed by atoms with Gasteiger partial charge in [0.05, 0.1) is 19.3 Å². The lowest BCUT2D eigenvalue weighted by Crippen LogP contribution is -2.65. The Balaban J connectivity index is 1.70. The van der Waals surface area contributed by atoms with Gasteiger partial charge < -0.3 is 19.6 Å². The number of carbonyl (C=O) groups excluding carboxylic acids is 2. The standard InChI is InChI=1S/C19H27N3O4/c1-13(2)26-17-5-4-14(8-15(17)12-23)9-21-6-7-22-16(10-21)19(25)20(3)11-18(22)24/h4-5,8,13,16,23H,6-7,9-12H2,1-3H3/t16-/m1/s1. The van der Waals surface area contributed by atoms with E-state index in [1.54, 1.807) is 11.9 Å². The Hall–Kier alpha value is -2.12. The van der Waals surface area contributed by atoms with Crippen LogP contribution in [0.25, 0.3) is 0 Å². The molecule has 1 N–H and O–H groups in total. The summed E-state index contributed by atoms with van der Waals surface area (Å²) in [4.78, 5) is 29.9. The van der Waals surface area contributed by atoms with Crippen molar-refractivity contribution in [1.29, 1.82) is 0 Å². The van der Waals surface area contributed by atoms with Crippen LogP contribution < -0.4 is 4.74 Å². The molecule has 0 radical (unpaired) electrons. The van der Waals surface area contributed by atoms with E-state index in [0.29, 0.717) is 25.4 Å². The summed E-state index contributed by atoms with van der Waals surface area (Å²) in [6.45, 7) is 6.51. The highest BCUT2D eigenvalue weighted by Gasteiger charge is 2.41. The number of hydrogen-bond acceptors (Lipinski definition) is 5. The lowest BCUT2D eigenvalue weighted by molar-refractivity contribution is -0.158. The largest absolute Gasteiger partial charge is 0.491 e. The number of carbonyl (C=O) groups is 2. The third kappa shape index (κ3) is 3.83. The summed E-state index contributed by atoms with van der Waals surface area (Å²) in [7, 11) is 1.68. The number of ether oxygens (including phenoxy) is 1. The van der Waals surface area contributed by atoms with Crippen molar-refractivity contribution in [2.24, 2.45) is 0 Å². The molecule has 1 aromatic rings. The number of aliphatic hydroxyl groups excluding tert-OH is 1. The predicted molar refractivity (Wildman–Crippen MR) is 96.5 cm³/mol. The minimum absolute atomic E-state index is 0.00558.